The molecule has 0 aromatic heterocycles. The van der Waals surface area contributed by atoms with Gasteiger partial charge in [0.2, 0.25) is 0 Å². The molecule has 154 valence electrons. The molecule has 1 fully saturated rings. The van der Waals surface area contributed by atoms with Crippen LogP contribution in [0.2, 0.25) is 0 Å². The molecule has 1 heterocycles. The minimum Gasteiger partial charge on any atom is -0.388 e. The van der Waals surface area contributed by atoms with Crippen molar-refractivity contribution >= 4 is 29.9 Å². The van der Waals surface area contributed by atoms with Gasteiger partial charge < -0.3 is 25.4 Å². The first kappa shape index (κ1) is 24.1. The molecule has 0 spiro atoms. The standard InChI is InChI=1S/C20H34N4O2.HI/c1-4-21-19(22-13-10-18(25)17-8-6-5-7-9-17)23-16-20(24(2)3)11-14-26-15-12-20;/h5-9,18,25H,4,10-16H2,1-3H3,(H2,21,22,23);1H. The van der Waals surface area contributed by atoms with Gasteiger partial charge >= 0.3 is 0 Å². The van der Waals surface area contributed by atoms with E-state index in [0.717, 1.165) is 50.7 Å². The van der Waals surface area contributed by atoms with Crippen LogP contribution in [-0.2, 0) is 4.74 Å². The van der Waals surface area contributed by atoms with Gasteiger partial charge in [-0.05, 0) is 45.8 Å². The molecule has 0 saturated carbocycles. The number of hydrogen-bond donors (Lipinski definition) is 3. The van der Waals surface area contributed by atoms with Crippen molar-refractivity contribution in [2.45, 2.75) is 37.8 Å². The van der Waals surface area contributed by atoms with E-state index in [1.807, 2.05) is 30.3 Å². The number of aliphatic hydroxyl groups is 1. The summed E-state index contributed by atoms with van der Waals surface area (Å²) < 4.78 is 5.53. The maximum Gasteiger partial charge on any atom is 0.191 e. The number of nitrogens with zero attached hydrogens (tertiary/aromatic N) is 2. The van der Waals surface area contributed by atoms with Crippen LogP contribution in [0, 0.1) is 0 Å². The number of rotatable bonds is 8. The quantitative estimate of drug-likeness (QED) is 0.297. The Morgan fingerprint density at radius 1 is 1.22 bits per heavy atom. The van der Waals surface area contributed by atoms with Crippen molar-refractivity contribution in [3.8, 4) is 0 Å². The number of ether oxygens (including phenoxy) is 1. The molecule has 0 bridgehead atoms. The number of guanidine groups is 1. The van der Waals surface area contributed by atoms with Crippen LogP contribution in [0.25, 0.3) is 0 Å². The molecule has 0 amide bonds. The molecule has 1 unspecified atom stereocenters. The van der Waals surface area contributed by atoms with Gasteiger partial charge in [-0.2, -0.15) is 0 Å². The molecule has 1 aliphatic rings. The summed E-state index contributed by atoms with van der Waals surface area (Å²) in [5, 5.41) is 16.9. The van der Waals surface area contributed by atoms with E-state index in [1.54, 1.807) is 0 Å². The van der Waals surface area contributed by atoms with Crippen LogP contribution in [0.15, 0.2) is 35.3 Å². The maximum atomic E-state index is 10.3. The molecule has 0 aliphatic carbocycles. The largest absolute Gasteiger partial charge is 0.388 e. The summed E-state index contributed by atoms with van der Waals surface area (Å²) in [5.41, 5.74) is 1.01. The lowest BCUT2D eigenvalue weighted by Crippen LogP contribution is -2.51. The van der Waals surface area contributed by atoms with Gasteiger partial charge in [-0.25, -0.2) is 0 Å². The third-order valence-electron chi connectivity index (χ3n) is 5.14. The van der Waals surface area contributed by atoms with E-state index in [-0.39, 0.29) is 29.5 Å². The Morgan fingerprint density at radius 2 is 1.89 bits per heavy atom. The number of benzene rings is 1. The van der Waals surface area contributed by atoms with Gasteiger partial charge in [-0.1, -0.05) is 30.3 Å². The lowest BCUT2D eigenvalue weighted by molar-refractivity contribution is -0.00255. The molecule has 1 saturated heterocycles. The lowest BCUT2D eigenvalue weighted by atomic mass is 9.89. The van der Waals surface area contributed by atoms with Crippen LogP contribution < -0.4 is 10.6 Å². The minimum absolute atomic E-state index is 0. The van der Waals surface area contributed by atoms with Crippen LogP contribution in [0.1, 0.15) is 37.9 Å². The van der Waals surface area contributed by atoms with Crippen molar-refractivity contribution < 1.29 is 9.84 Å². The average Bonchev–Trinajstić information content (AvgIpc) is 2.67. The number of aliphatic imine (C=N–C) groups is 1. The molecule has 1 aliphatic heterocycles. The van der Waals surface area contributed by atoms with Crippen LogP contribution in [-0.4, -0.2) is 68.4 Å². The average molecular weight is 490 g/mol. The zero-order valence-electron chi connectivity index (χ0n) is 16.8. The van der Waals surface area contributed by atoms with Gasteiger partial charge in [0, 0.05) is 31.8 Å². The number of likely N-dealkylation sites (N-methyl/N-ethyl adjacent to an activating group) is 1. The van der Waals surface area contributed by atoms with Gasteiger partial charge in [0.1, 0.15) is 0 Å². The molecule has 3 N–H and O–H groups in total. The van der Waals surface area contributed by atoms with Gasteiger partial charge in [-0.3, -0.25) is 4.99 Å². The number of aliphatic hydroxyl groups excluding tert-OH is 1. The zero-order valence-corrected chi connectivity index (χ0v) is 19.1. The molecular weight excluding hydrogens is 455 g/mol. The summed E-state index contributed by atoms with van der Waals surface area (Å²) in [6, 6.07) is 9.77. The molecular formula is C20H35IN4O2. The Labute approximate surface area is 180 Å². The Kier molecular flexibility index (Phi) is 11.2. The summed E-state index contributed by atoms with van der Waals surface area (Å²) in [5.74, 6) is 0.806. The Balaban J connectivity index is 0.00000364. The highest BCUT2D eigenvalue weighted by molar-refractivity contribution is 14.0. The summed E-state index contributed by atoms with van der Waals surface area (Å²) in [6.07, 6.45) is 2.17. The minimum atomic E-state index is -0.463. The van der Waals surface area contributed by atoms with Gasteiger partial charge in [0.05, 0.1) is 12.6 Å². The smallest absolute Gasteiger partial charge is 0.191 e. The summed E-state index contributed by atoms with van der Waals surface area (Å²) >= 11 is 0. The fourth-order valence-electron chi connectivity index (χ4n) is 3.24. The fourth-order valence-corrected chi connectivity index (χ4v) is 3.24. The maximum absolute atomic E-state index is 10.3. The van der Waals surface area contributed by atoms with Gasteiger partial charge in [0.25, 0.3) is 0 Å². The molecule has 0 radical (unpaired) electrons. The third-order valence-corrected chi connectivity index (χ3v) is 5.14. The van der Waals surface area contributed by atoms with E-state index < -0.39 is 6.10 Å². The first-order valence-electron chi connectivity index (χ1n) is 9.58. The summed E-state index contributed by atoms with van der Waals surface area (Å²) in [6.45, 7) is 5.86. The number of nitrogens with one attached hydrogen (secondary N) is 2. The third kappa shape index (κ3) is 7.56. The second-order valence-corrected chi connectivity index (χ2v) is 7.07. The molecule has 1 aromatic carbocycles. The van der Waals surface area contributed by atoms with Crippen LogP contribution >= 0.6 is 24.0 Å². The highest BCUT2D eigenvalue weighted by Crippen LogP contribution is 2.26. The molecule has 1 aromatic rings. The van der Waals surface area contributed by atoms with E-state index in [1.165, 1.54) is 0 Å². The van der Waals surface area contributed by atoms with Crippen molar-refractivity contribution in [1.29, 1.82) is 0 Å². The zero-order chi connectivity index (χ0) is 18.8. The second kappa shape index (κ2) is 12.5. The van der Waals surface area contributed by atoms with E-state index in [2.05, 4.69) is 36.6 Å². The Bertz CT molecular complexity index is 548. The Hall–Kier alpha value is -0.900. The number of halogens is 1. The monoisotopic (exact) mass is 490 g/mol. The van der Waals surface area contributed by atoms with E-state index in [4.69, 9.17) is 9.73 Å². The van der Waals surface area contributed by atoms with E-state index >= 15 is 0 Å². The van der Waals surface area contributed by atoms with Crippen LogP contribution in [0.3, 0.4) is 0 Å². The Morgan fingerprint density at radius 3 is 2.48 bits per heavy atom. The van der Waals surface area contributed by atoms with Crippen LogP contribution in [0.4, 0.5) is 0 Å². The lowest BCUT2D eigenvalue weighted by Gasteiger charge is -2.41. The topological polar surface area (TPSA) is 69.1 Å². The summed E-state index contributed by atoms with van der Waals surface area (Å²) in [7, 11) is 4.24. The van der Waals surface area contributed by atoms with E-state index in [0.29, 0.717) is 13.0 Å². The van der Waals surface area contributed by atoms with Crippen molar-refractivity contribution in [1.82, 2.24) is 15.5 Å². The number of hydrogen-bond acceptors (Lipinski definition) is 4. The second-order valence-electron chi connectivity index (χ2n) is 7.07. The SMILES string of the molecule is CCNC(=NCC1(N(C)C)CCOCC1)NCCC(O)c1ccccc1.I. The molecule has 6 nitrogen and oxygen atoms in total. The fraction of sp³-hybridized carbons (Fsp3) is 0.650. The van der Waals surface area contributed by atoms with Crippen molar-refractivity contribution in [2.24, 2.45) is 4.99 Å². The van der Waals surface area contributed by atoms with Crippen LogP contribution in [0.5, 0.6) is 0 Å². The van der Waals surface area contributed by atoms with Gasteiger partial charge in [0.15, 0.2) is 5.96 Å². The predicted octanol–water partition coefficient (Wildman–Crippen LogP) is 2.39. The van der Waals surface area contributed by atoms with E-state index in [9.17, 15) is 5.11 Å². The highest BCUT2D eigenvalue weighted by atomic mass is 127. The van der Waals surface area contributed by atoms with Crippen molar-refractivity contribution in [2.75, 3.05) is 46.9 Å². The van der Waals surface area contributed by atoms with Gasteiger partial charge in [-0.15, -0.1) is 24.0 Å². The highest BCUT2D eigenvalue weighted by Gasteiger charge is 2.34. The van der Waals surface area contributed by atoms with Crippen molar-refractivity contribution in [3.05, 3.63) is 35.9 Å². The van der Waals surface area contributed by atoms with Crippen molar-refractivity contribution in [3.63, 3.8) is 0 Å². The first-order valence-corrected chi connectivity index (χ1v) is 9.58. The molecule has 27 heavy (non-hydrogen) atoms. The molecule has 2 rings (SSSR count). The first-order chi connectivity index (χ1) is 12.6. The molecule has 7 heteroatoms. The summed E-state index contributed by atoms with van der Waals surface area (Å²) in [4.78, 5) is 7.10. The normalized spacial score (nSPS) is 17.9. The molecule has 1 atom stereocenters. The predicted molar refractivity (Wildman–Crippen MR) is 122 cm³/mol.